The van der Waals surface area contributed by atoms with Gasteiger partial charge in [-0.3, -0.25) is 4.57 Å². The van der Waals surface area contributed by atoms with E-state index < -0.39 is 7.60 Å². The van der Waals surface area contributed by atoms with Crippen molar-refractivity contribution in [2.24, 2.45) is 0 Å². The summed E-state index contributed by atoms with van der Waals surface area (Å²) in [5.74, 6) is 2.55. The van der Waals surface area contributed by atoms with Crippen LogP contribution in [-0.2, 0) is 13.6 Å². The van der Waals surface area contributed by atoms with Crippen LogP contribution in [0.5, 0.6) is 5.75 Å². The Kier molecular flexibility index (Phi) is 8.06. The first kappa shape index (κ1) is 22.4. The zero-order valence-corrected chi connectivity index (χ0v) is 18.6. The van der Waals surface area contributed by atoms with Gasteiger partial charge in [-0.15, -0.1) is 0 Å². The normalized spacial score (nSPS) is 15.4. The van der Waals surface area contributed by atoms with Gasteiger partial charge in [-0.1, -0.05) is 29.9 Å². The lowest BCUT2D eigenvalue weighted by molar-refractivity contribution is 0.228. The molecule has 0 fully saturated rings. The fourth-order valence-electron chi connectivity index (χ4n) is 3.11. The van der Waals surface area contributed by atoms with Gasteiger partial charge in [0.1, 0.15) is 12.4 Å². The first-order chi connectivity index (χ1) is 13.3. The topological polar surface area (TPSA) is 44.8 Å². The van der Waals surface area contributed by atoms with Gasteiger partial charge in [-0.05, 0) is 76.0 Å². The summed E-state index contributed by atoms with van der Waals surface area (Å²) in [5.41, 5.74) is 6.64. The minimum Gasteiger partial charge on any atom is -0.488 e. The van der Waals surface area contributed by atoms with Crippen molar-refractivity contribution >= 4 is 13.7 Å². The Morgan fingerprint density at radius 2 is 1.86 bits per heavy atom. The molecule has 0 bridgehead atoms. The van der Waals surface area contributed by atoms with Gasteiger partial charge in [0, 0.05) is 11.4 Å². The van der Waals surface area contributed by atoms with Crippen LogP contribution < -0.4 is 4.74 Å². The average Bonchev–Trinajstić information content (AvgIpc) is 2.61. The Hall–Kier alpha value is -1.87. The number of hydrogen-bond donors (Lipinski definition) is 0. The molecular formula is C23H31O4P. The molecule has 0 saturated carbocycles. The maximum Gasteiger partial charge on any atom is 0.354 e. The predicted molar refractivity (Wildman–Crippen MR) is 117 cm³/mol. The maximum atomic E-state index is 12.5. The van der Waals surface area contributed by atoms with Gasteiger partial charge in [0.25, 0.3) is 0 Å². The number of ether oxygens (including phenoxy) is 1. The lowest BCUT2D eigenvalue weighted by atomic mass is 9.98. The molecule has 0 spiro atoms. The second kappa shape index (κ2) is 10.1. The van der Waals surface area contributed by atoms with Crippen molar-refractivity contribution in [2.75, 3.05) is 19.8 Å². The van der Waals surface area contributed by atoms with Crippen LogP contribution in [0.1, 0.15) is 44.4 Å². The molecule has 0 amide bonds. The van der Waals surface area contributed by atoms with Crippen molar-refractivity contribution in [3.63, 3.8) is 0 Å². The number of fused-ring (bicyclic) bond motifs is 1. The van der Waals surface area contributed by atoms with Crippen LogP contribution in [0.15, 0.2) is 52.9 Å². The first-order valence-electron chi connectivity index (χ1n) is 9.66. The van der Waals surface area contributed by atoms with E-state index in [9.17, 15) is 4.57 Å². The highest BCUT2D eigenvalue weighted by atomic mass is 31.2. The molecule has 0 atom stereocenters. The summed E-state index contributed by atoms with van der Waals surface area (Å²) >= 11 is 0. The highest BCUT2D eigenvalue weighted by molar-refractivity contribution is 7.57. The lowest BCUT2D eigenvalue weighted by Gasteiger charge is -2.20. The molecule has 0 aliphatic carbocycles. The molecule has 4 nitrogen and oxygen atoms in total. The maximum absolute atomic E-state index is 12.5. The van der Waals surface area contributed by atoms with E-state index in [0.717, 1.165) is 28.0 Å². The molecule has 1 aliphatic rings. The molecule has 1 aromatic rings. The summed E-state index contributed by atoms with van der Waals surface area (Å²) < 4.78 is 29.1. The first-order valence-corrected chi connectivity index (χ1v) is 11.3. The summed E-state index contributed by atoms with van der Waals surface area (Å²) in [6, 6.07) is 4.29. The van der Waals surface area contributed by atoms with E-state index in [1.807, 2.05) is 25.2 Å². The van der Waals surface area contributed by atoms with Crippen LogP contribution in [0.25, 0.3) is 6.08 Å². The zero-order chi connectivity index (χ0) is 20.7. The van der Waals surface area contributed by atoms with Crippen LogP contribution in [0.4, 0.5) is 0 Å². The van der Waals surface area contributed by atoms with Crippen LogP contribution in [0.3, 0.4) is 0 Å². The second-order valence-corrected chi connectivity index (χ2v) is 8.77. The molecule has 0 N–H and O–H groups in total. The van der Waals surface area contributed by atoms with Gasteiger partial charge in [0.15, 0.2) is 0 Å². The van der Waals surface area contributed by atoms with Crippen LogP contribution in [0, 0.1) is 13.8 Å². The Balaban J connectivity index is 2.16. The number of hydrogen-bond acceptors (Lipinski definition) is 4. The van der Waals surface area contributed by atoms with Gasteiger partial charge in [0.2, 0.25) is 0 Å². The van der Waals surface area contributed by atoms with Crippen molar-refractivity contribution in [1.29, 1.82) is 0 Å². The number of aryl methyl sites for hydroxylation is 2. The van der Waals surface area contributed by atoms with Crippen molar-refractivity contribution < 1.29 is 18.3 Å². The third kappa shape index (κ3) is 6.07. The average molecular weight is 402 g/mol. The fraction of sp³-hybridized carbons (Fsp3) is 0.391. The summed E-state index contributed by atoms with van der Waals surface area (Å²) in [7, 11) is -3.18. The molecule has 1 aromatic carbocycles. The van der Waals surface area contributed by atoms with E-state index in [4.69, 9.17) is 13.8 Å². The number of benzene rings is 1. The highest BCUT2D eigenvalue weighted by Crippen LogP contribution is 2.50. The molecule has 1 heterocycles. The van der Waals surface area contributed by atoms with Crippen LogP contribution in [-0.4, -0.2) is 19.8 Å². The Bertz CT molecular complexity index is 865. The minimum absolute atomic E-state index is 0.346. The number of allylic oxidation sites excluding steroid dienone is 4. The van der Waals surface area contributed by atoms with Gasteiger partial charge in [-0.2, -0.15) is 0 Å². The van der Waals surface area contributed by atoms with Crippen LogP contribution >= 0.6 is 7.60 Å². The van der Waals surface area contributed by atoms with Gasteiger partial charge >= 0.3 is 7.60 Å². The standard InChI is InChI=1S/C23H31O4P/c1-7-26-28(24,27-8-2)16-17(3)10-9-11-19(5)22-14-21-13-18(4)12-20(6)23(21)25-15-22/h9-14,16H,7-8,15H2,1-6H3/b10-9+,17-16?,19-11+. The molecule has 0 saturated heterocycles. The fourth-order valence-corrected chi connectivity index (χ4v) is 4.64. The predicted octanol–water partition coefficient (Wildman–Crippen LogP) is 6.75. The monoisotopic (exact) mass is 402 g/mol. The van der Waals surface area contributed by atoms with Gasteiger partial charge in [-0.25, -0.2) is 0 Å². The van der Waals surface area contributed by atoms with Crippen molar-refractivity contribution in [1.82, 2.24) is 0 Å². The van der Waals surface area contributed by atoms with Crippen molar-refractivity contribution in [3.05, 3.63) is 69.6 Å². The van der Waals surface area contributed by atoms with E-state index in [2.05, 4.69) is 39.0 Å². The highest BCUT2D eigenvalue weighted by Gasteiger charge is 2.19. The Morgan fingerprint density at radius 1 is 1.18 bits per heavy atom. The lowest BCUT2D eigenvalue weighted by Crippen LogP contribution is -2.09. The van der Waals surface area contributed by atoms with Crippen molar-refractivity contribution in [2.45, 2.75) is 41.5 Å². The van der Waals surface area contributed by atoms with E-state index >= 15 is 0 Å². The summed E-state index contributed by atoms with van der Waals surface area (Å²) in [6.45, 7) is 13.0. The Labute approximate surface area is 169 Å². The molecule has 0 unspecified atom stereocenters. The molecular weight excluding hydrogens is 371 g/mol. The summed E-state index contributed by atoms with van der Waals surface area (Å²) in [4.78, 5) is 0. The van der Waals surface area contributed by atoms with E-state index in [0.29, 0.717) is 19.8 Å². The summed E-state index contributed by atoms with van der Waals surface area (Å²) in [6.07, 6.45) is 8.08. The third-order valence-corrected chi connectivity index (χ3v) is 6.30. The van der Waals surface area contributed by atoms with E-state index in [1.54, 1.807) is 19.7 Å². The minimum atomic E-state index is -3.18. The molecule has 5 heteroatoms. The Morgan fingerprint density at radius 3 is 2.50 bits per heavy atom. The van der Waals surface area contributed by atoms with E-state index in [-0.39, 0.29) is 0 Å². The SMILES string of the molecule is CCOP(=O)(C=C(C)/C=C/C=C(\C)C1=Cc2cc(C)cc(C)c2OC1)OCC. The molecule has 2 rings (SSSR count). The largest absolute Gasteiger partial charge is 0.488 e. The van der Waals surface area contributed by atoms with Crippen molar-refractivity contribution in [3.8, 4) is 5.75 Å². The molecule has 152 valence electrons. The number of rotatable bonds is 8. The molecule has 1 aliphatic heterocycles. The summed E-state index contributed by atoms with van der Waals surface area (Å²) in [5, 5.41) is 0. The van der Waals surface area contributed by atoms with Crippen LogP contribution in [0.2, 0.25) is 0 Å². The third-order valence-electron chi connectivity index (χ3n) is 4.34. The molecule has 0 radical (unpaired) electrons. The molecule has 0 aromatic heterocycles. The quantitative estimate of drug-likeness (QED) is 0.356. The smallest absolute Gasteiger partial charge is 0.354 e. The van der Waals surface area contributed by atoms with E-state index in [1.165, 1.54) is 11.1 Å². The second-order valence-electron chi connectivity index (χ2n) is 6.92. The zero-order valence-electron chi connectivity index (χ0n) is 17.7. The van der Waals surface area contributed by atoms with Gasteiger partial charge in [0.05, 0.1) is 13.2 Å². The molecule has 28 heavy (non-hydrogen) atoms. The van der Waals surface area contributed by atoms with Gasteiger partial charge < -0.3 is 13.8 Å².